The molecule has 0 aliphatic carbocycles. The lowest BCUT2D eigenvalue weighted by Crippen LogP contribution is -2.28. The zero-order valence-corrected chi connectivity index (χ0v) is 11.4. The van der Waals surface area contributed by atoms with Crippen molar-refractivity contribution >= 4 is 34.4 Å². The summed E-state index contributed by atoms with van der Waals surface area (Å²) in [6.07, 6.45) is 0.896. The monoisotopic (exact) mass is 336 g/mol. The fourth-order valence-corrected chi connectivity index (χ4v) is 1.44. The minimum Gasteiger partial charge on any atom is -0.444 e. The Morgan fingerprint density at radius 2 is 2.12 bits per heavy atom. The van der Waals surface area contributed by atoms with E-state index in [-0.39, 0.29) is 5.56 Å². The molecule has 0 aliphatic heterocycles. The molecule has 1 aromatic rings. The number of ether oxygens (including phenoxy) is 1. The SMILES string of the molecule is CC(C)(C)OC(=O)Nc1cc[nH]c(=O)c1I. The average molecular weight is 336 g/mol. The lowest BCUT2D eigenvalue weighted by molar-refractivity contribution is 0.0636. The van der Waals surface area contributed by atoms with E-state index >= 15 is 0 Å². The third kappa shape index (κ3) is 3.84. The van der Waals surface area contributed by atoms with Crippen LogP contribution in [0, 0.1) is 3.57 Å². The van der Waals surface area contributed by atoms with Gasteiger partial charge in [0, 0.05) is 6.20 Å². The van der Waals surface area contributed by atoms with Crippen LogP contribution in [-0.4, -0.2) is 16.7 Å². The molecule has 0 unspecified atom stereocenters. The molecule has 1 aromatic heterocycles. The summed E-state index contributed by atoms with van der Waals surface area (Å²) in [4.78, 5) is 25.2. The number of hydrogen-bond acceptors (Lipinski definition) is 3. The van der Waals surface area contributed by atoms with Gasteiger partial charge < -0.3 is 9.72 Å². The van der Waals surface area contributed by atoms with Gasteiger partial charge in [0.25, 0.3) is 5.56 Å². The number of aromatic amines is 1. The number of H-pyrrole nitrogens is 1. The van der Waals surface area contributed by atoms with Crippen molar-refractivity contribution in [3.8, 4) is 0 Å². The van der Waals surface area contributed by atoms with Gasteiger partial charge >= 0.3 is 6.09 Å². The molecule has 1 amide bonds. The first-order valence-corrected chi connectivity index (χ1v) is 5.74. The van der Waals surface area contributed by atoms with Crippen LogP contribution < -0.4 is 10.9 Å². The first-order chi connectivity index (χ1) is 7.29. The predicted octanol–water partition coefficient (Wildman–Crippen LogP) is 2.33. The van der Waals surface area contributed by atoms with Gasteiger partial charge in [0.2, 0.25) is 0 Å². The third-order valence-electron chi connectivity index (χ3n) is 1.54. The van der Waals surface area contributed by atoms with E-state index in [1.807, 2.05) is 22.6 Å². The standard InChI is InChI=1S/C10H13IN2O3/c1-10(2,3)16-9(15)13-6-4-5-12-8(14)7(6)11/h4-5H,1-3H3,(H2,12,13,14,15). The molecular formula is C10H13IN2O3. The number of hydrogen-bond donors (Lipinski definition) is 2. The van der Waals surface area contributed by atoms with Crippen molar-refractivity contribution in [2.45, 2.75) is 26.4 Å². The van der Waals surface area contributed by atoms with Crippen molar-refractivity contribution in [1.82, 2.24) is 4.98 Å². The molecule has 0 radical (unpaired) electrons. The van der Waals surface area contributed by atoms with Crippen molar-refractivity contribution in [3.63, 3.8) is 0 Å². The number of nitrogens with one attached hydrogen (secondary N) is 2. The molecule has 2 N–H and O–H groups in total. The second-order valence-electron chi connectivity index (χ2n) is 4.16. The second kappa shape index (κ2) is 4.86. The number of anilines is 1. The highest BCUT2D eigenvalue weighted by Crippen LogP contribution is 2.14. The fraction of sp³-hybridized carbons (Fsp3) is 0.400. The highest BCUT2D eigenvalue weighted by molar-refractivity contribution is 14.1. The maximum atomic E-state index is 11.4. The van der Waals surface area contributed by atoms with E-state index < -0.39 is 11.7 Å². The molecule has 0 fully saturated rings. The largest absolute Gasteiger partial charge is 0.444 e. The minimum atomic E-state index is -0.573. The molecule has 6 heteroatoms. The van der Waals surface area contributed by atoms with Crippen LogP contribution in [0.5, 0.6) is 0 Å². The van der Waals surface area contributed by atoms with E-state index in [0.717, 1.165) is 0 Å². The van der Waals surface area contributed by atoms with Crippen molar-refractivity contribution in [2.75, 3.05) is 5.32 Å². The Kier molecular flexibility index (Phi) is 3.95. The average Bonchev–Trinajstić information content (AvgIpc) is 2.09. The summed E-state index contributed by atoms with van der Waals surface area (Å²) in [6, 6.07) is 1.60. The topological polar surface area (TPSA) is 71.2 Å². The molecule has 0 atom stereocenters. The quantitative estimate of drug-likeness (QED) is 0.774. The summed E-state index contributed by atoms with van der Waals surface area (Å²) < 4.78 is 5.49. The van der Waals surface area contributed by atoms with Gasteiger partial charge in [-0.2, -0.15) is 0 Å². The Balaban J connectivity index is 2.78. The summed E-state index contributed by atoms with van der Waals surface area (Å²) in [6.45, 7) is 5.32. The number of rotatable bonds is 1. The maximum absolute atomic E-state index is 11.4. The molecule has 0 saturated heterocycles. The van der Waals surface area contributed by atoms with Gasteiger partial charge in [0.1, 0.15) is 9.17 Å². The number of amides is 1. The predicted molar refractivity (Wildman–Crippen MR) is 69.6 cm³/mol. The lowest BCUT2D eigenvalue weighted by Gasteiger charge is -2.19. The van der Waals surface area contributed by atoms with Crippen molar-refractivity contribution in [3.05, 3.63) is 26.2 Å². The number of carbonyl (C=O) groups excluding carboxylic acids is 1. The number of pyridine rings is 1. The molecule has 16 heavy (non-hydrogen) atoms. The van der Waals surface area contributed by atoms with Crippen LogP contribution in [0.2, 0.25) is 0 Å². The van der Waals surface area contributed by atoms with Crippen LogP contribution in [0.1, 0.15) is 20.8 Å². The van der Waals surface area contributed by atoms with Crippen molar-refractivity contribution in [2.24, 2.45) is 0 Å². The Hall–Kier alpha value is -1.05. The van der Waals surface area contributed by atoms with Crippen LogP contribution in [0.15, 0.2) is 17.1 Å². The molecule has 1 rings (SSSR count). The van der Waals surface area contributed by atoms with Gasteiger partial charge in [-0.25, -0.2) is 4.79 Å². The van der Waals surface area contributed by atoms with Gasteiger partial charge in [-0.3, -0.25) is 10.1 Å². The summed E-state index contributed by atoms with van der Waals surface area (Å²) in [7, 11) is 0. The Morgan fingerprint density at radius 1 is 1.50 bits per heavy atom. The van der Waals surface area contributed by atoms with Crippen molar-refractivity contribution in [1.29, 1.82) is 0 Å². The van der Waals surface area contributed by atoms with Gasteiger partial charge in [-0.15, -0.1) is 0 Å². The smallest absolute Gasteiger partial charge is 0.412 e. The van der Waals surface area contributed by atoms with Gasteiger partial charge in [-0.1, -0.05) is 0 Å². The lowest BCUT2D eigenvalue weighted by atomic mass is 10.2. The number of aromatic nitrogens is 1. The Morgan fingerprint density at radius 3 is 2.69 bits per heavy atom. The molecule has 0 spiro atoms. The fourth-order valence-electron chi connectivity index (χ4n) is 0.970. The molecule has 88 valence electrons. The number of carbonyl (C=O) groups is 1. The van der Waals surface area contributed by atoms with Crippen LogP contribution >= 0.6 is 22.6 Å². The van der Waals surface area contributed by atoms with Crippen LogP contribution in [0.25, 0.3) is 0 Å². The highest BCUT2D eigenvalue weighted by Gasteiger charge is 2.17. The van der Waals surface area contributed by atoms with Gasteiger partial charge in [0.05, 0.1) is 5.69 Å². The molecule has 0 bridgehead atoms. The van der Waals surface area contributed by atoms with Gasteiger partial charge in [0.15, 0.2) is 0 Å². The normalized spacial score (nSPS) is 11.0. The Bertz CT molecular complexity index is 448. The van der Waals surface area contributed by atoms with Crippen molar-refractivity contribution < 1.29 is 9.53 Å². The first-order valence-electron chi connectivity index (χ1n) is 4.67. The molecule has 0 saturated carbocycles. The second-order valence-corrected chi connectivity index (χ2v) is 5.24. The first kappa shape index (κ1) is 13.0. The van der Waals surface area contributed by atoms with E-state index in [4.69, 9.17) is 4.74 Å². The van der Waals surface area contributed by atoms with Gasteiger partial charge in [-0.05, 0) is 49.4 Å². The molecule has 0 aromatic carbocycles. The zero-order chi connectivity index (χ0) is 12.3. The molecule has 1 heterocycles. The van der Waals surface area contributed by atoms with Crippen LogP contribution in [0.4, 0.5) is 10.5 Å². The molecular weight excluding hydrogens is 323 g/mol. The molecule has 0 aliphatic rings. The zero-order valence-electron chi connectivity index (χ0n) is 9.26. The summed E-state index contributed by atoms with van der Waals surface area (Å²) in [5.41, 5.74) is -0.357. The van der Waals surface area contributed by atoms with Crippen LogP contribution in [0.3, 0.4) is 0 Å². The van der Waals surface area contributed by atoms with Crippen LogP contribution in [-0.2, 0) is 4.74 Å². The summed E-state index contributed by atoms with van der Waals surface area (Å²) >= 11 is 1.86. The summed E-state index contributed by atoms with van der Waals surface area (Å²) in [5, 5.41) is 2.52. The van der Waals surface area contributed by atoms with E-state index in [9.17, 15) is 9.59 Å². The summed E-state index contributed by atoms with van der Waals surface area (Å²) in [5.74, 6) is 0. The number of halogens is 1. The van der Waals surface area contributed by atoms with E-state index in [1.54, 1.807) is 26.8 Å². The Labute approximate surface area is 107 Å². The van der Waals surface area contributed by atoms with E-state index in [1.165, 1.54) is 6.20 Å². The minimum absolute atomic E-state index is 0.242. The maximum Gasteiger partial charge on any atom is 0.412 e. The third-order valence-corrected chi connectivity index (χ3v) is 2.61. The molecule has 5 nitrogen and oxygen atoms in total. The van der Waals surface area contributed by atoms with E-state index in [2.05, 4.69) is 10.3 Å². The highest BCUT2D eigenvalue weighted by atomic mass is 127. The van der Waals surface area contributed by atoms with E-state index in [0.29, 0.717) is 9.26 Å².